The molecule has 4 heterocycles. The van der Waals surface area contributed by atoms with Gasteiger partial charge in [0.05, 0.1) is 11.4 Å². The van der Waals surface area contributed by atoms with Gasteiger partial charge in [-0.1, -0.05) is 6.07 Å². The predicted molar refractivity (Wildman–Crippen MR) is 132 cm³/mol. The van der Waals surface area contributed by atoms with E-state index < -0.39 is 5.60 Å². The summed E-state index contributed by atoms with van der Waals surface area (Å²) >= 11 is 0. The Bertz CT molecular complexity index is 1430. The molecule has 176 valence electrons. The number of hydrogen-bond acceptors (Lipinski definition) is 7. The first-order chi connectivity index (χ1) is 16.2. The Morgan fingerprint density at radius 3 is 2.74 bits per heavy atom. The maximum Gasteiger partial charge on any atom is 0.278 e. The van der Waals surface area contributed by atoms with E-state index in [1.54, 1.807) is 47.7 Å². The zero-order valence-corrected chi connectivity index (χ0v) is 19.8. The highest BCUT2D eigenvalue weighted by Gasteiger charge is 2.22. The van der Waals surface area contributed by atoms with Crippen LogP contribution in [-0.2, 0) is 18.6 Å². The van der Waals surface area contributed by atoms with Crippen LogP contribution >= 0.6 is 0 Å². The zero-order valence-electron chi connectivity index (χ0n) is 19.8. The van der Waals surface area contributed by atoms with Crippen LogP contribution in [0.2, 0.25) is 0 Å². The highest BCUT2D eigenvalue weighted by atomic mass is 16.3. The van der Waals surface area contributed by atoms with Crippen molar-refractivity contribution in [1.29, 1.82) is 0 Å². The average molecular weight is 460 g/mol. The topological polar surface area (TPSA) is 110 Å². The van der Waals surface area contributed by atoms with Crippen LogP contribution in [0.3, 0.4) is 0 Å². The largest absolute Gasteiger partial charge is 0.384 e. The highest BCUT2D eigenvalue weighted by Crippen LogP contribution is 2.25. The molecule has 5 rings (SSSR count). The van der Waals surface area contributed by atoms with Crippen molar-refractivity contribution in [1.82, 2.24) is 29.6 Å². The molecule has 3 N–H and O–H groups in total. The van der Waals surface area contributed by atoms with Crippen molar-refractivity contribution in [2.24, 2.45) is 0 Å². The van der Waals surface area contributed by atoms with Gasteiger partial charge in [0.15, 0.2) is 5.65 Å². The van der Waals surface area contributed by atoms with Gasteiger partial charge in [-0.2, -0.15) is 4.98 Å². The van der Waals surface area contributed by atoms with Crippen molar-refractivity contribution >= 4 is 22.7 Å². The third-order valence-corrected chi connectivity index (χ3v) is 6.08. The van der Waals surface area contributed by atoms with Crippen LogP contribution in [0.1, 0.15) is 50.6 Å². The molecular formula is C25H29N7O2. The van der Waals surface area contributed by atoms with Crippen molar-refractivity contribution in [3.05, 3.63) is 69.9 Å². The molecule has 9 heteroatoms. The minimum atomic E-state index is -1.12. The third-order valence-electron chi connectivity index (χ3n) is 6.08. The molecule has 1 aliphatic heterocycles. The second-order valence-corrected chi connectivity index (χ2v) is 9.48. The molecule has 0 saturated heterocycles. The molecule has 0 saturated carbocycles. The summed E-state index contributed by atoms with van der Waals surface area (Å²) in [7, 11) is 0. The lowest BCUT2D eigenvalue weighted by Crippen LogP contribution is -2.25. The van der Waals surface area contributed by atoms with E-state index in [2.05, 4.69) is 32.7 Å². The summed E-state index contributed by atoms with van der Waals surface area (Å²) in [5, 5.41) is 17.6. The SMILES string of the molecule is CC(C)n1c(=O)c2cnc(Nc3ccc4c(c3)CNCC4)nc2n1-c1ccnc(C(C)(C)O)c1. The Balaban J connectivity index is 1.63. The number of anilines is 2. The van der Waals surface area contributed by atoms with Gasteiger partial charge in [0.25, 0.3) is 5.56 Å². The Labute approximate surface area is 197 Å². The maximum absolute atomic E-state index is 13.2. The number of pyridine rings is 1. The van der Waals surface area contributed by atoms with Gasteiger partial charge in [-0.15, -0.1) is 0 Å². The van der Waals surface area contributed by atoms with Crippen LogP contribution in [0.4, 0.5) is 11.6 Å². The number of aliphatic hydroxyl groups is 1. The molecule has 0 spiro atoms. The van der Waals surface area contributed by atoms with Crippen LogP contribution in [0.15, 0.2) is 47.5 Å². The first-order valence-corrected chi connectivity index (χ1v) is 11.5. The number of benzene rings is 1. The van der Waals surface area contributed by atoms with Gasteiger partial charge in [-0.05, 0) is 76.1 Å². The van der Waals surface area contributed by atoms with E-state index in [4.69, 9.17) is 4.98 Å². The van der Waals surface area contributed by atoms with Crippen LogP contribution in [0.25, 0.3) is 16.7 Å². The first-order valence-electron chi connectivity index (χ1n) is 11.5. The molecule has 4 aromatic rings. The molecule has 1 aromatic carbocycles. The summed E-state index contributed by atoms with van der Waals surface area (Å²) in [6.07, 6.45) is 4.22. The van der Waals surface area contributed by atoms with Crippen molar-refractivity contribution < 1.29 is 5.11 Å². The molecular weight excluding hydrogens is 430 g/mol. The van der Waals surface area contributed by atoms with E-state index in [1.165, 1.54) is 11.1 Å². The molecule has 3 aromatic heterocycles. The lowest BCUT2D eigenvalue weighted by Gasteiger charge is -2.20. The van der Waals surface area contributed by atoms with Crippen molar-refractivity contribution in [3.63, 3.8) is 0 Å². The van der Waals surface area contributed by atoms with Crippen LogP contribution in [0.5, 0.6) is 0 Å². The van der Waals surface area contributed by atoms with Gasteiger partial charge < -0.3 is 15.7 Å². The summed E-state index contributed by atoms with van der Waals surface area (Å²) in [6.45, 7) is 9.09. The fourth-order valence-corrected chi connectivity index (χ4v) is 4.35. The Morgan fingerprint density at radius 1 is 1.15 bits per heavy atom. The number of rotatable bonds is 5. The molecule has 0 unspecified atom stereocenters. The Hall–Kier alpha value is -3.56. The highest BCUT2D eigenvalue weighted by molar-refractivity contribution is 5.77. The normalized spacial score (nSPS) is 13.9. The smallest absolute Gasteiger partial charge is 0.278 e. The van der Waals surface area contributed by atoms with Crippen LogP contribution in [-0.4, -0.2) is 36.0 Å². The molecule has 0 bridgehead atoms. The van der Waals surface area contributed by atoms with Gasteiger partial charge in [0, 0.05) is 30.7 Å². The Morgan fingerprint density at radius 2 is 1.97 bits per heavy atom. The minimum Gasteiger partial charge on any atom is -0.384 e. The summed E-state index contributed by atoms with van der Waals surface area (Å²) in [5.74, 6) is 0.405. The fourth-order valence-electron chi connectivity index (χ4n) is 4.35. The summed E-state index contributed by atoms with van der Waals surface area (Å²) in [5.41, 5.74) is 3.90. The summed E-state index contributed by atoms with van der Waals surface area (Å²) in [4.78, 5) is 26.7. The molecule has 0 aliphatic carbocycles. The molecule has 1 aliphatic rings. The van der Waals surface area contributed by atoms with Crippen molar-refractivity contribution in [3.8, 4) is 5.69 Å². The lowest BCUT2D eigenvalue weighted by molar-refractivity contribution is 0.0738. The third kappa shape index (κ3) is 3.97. The van der Waals surface area contributed by atoms with Crippen LogP contribution in [0, 0.1) is 0 Å². The molecule has 0 radical (unpaired) electrons. The molecule has 9 nitrogen and oxygen atoms in total. The molecule has 0 fully saturated rings. The molecule has 34 heavy (non-hydrogen) atoms. The van der Waals surface area contributed by atoms with Crippen molar-refractivity contribution in [2.75, 3.05) is 11.9 Å². The first kappa shape index (κ1) is 22.2. The van der Waals surface area contributed by atoms with E-state index >= 15 is 0 Å². The lowest BCUT2D eigenvalue weighted by atomic mass is 10.0. The van der Waals surface area contributed by atoms with Gasteiger partial charge >= 0.3 is 0 Å². The summed E-state index contributed by atoms with van der Waals surface area (Å²) in [6, 6.07) is 9.74. The zero-order chi connectivity index (χ0) is 24.0. The number of hydrogen-bond donors (Lipinski definition) is 3. The average Bonchev–Trinajstić information content (AvgIpc) is 3.10. The Kier molecular flexibility index (Phi) is 5.45. The van der Waals surface area contributed by atoms with E-state index in [0.717, 1.165) is 25.2 Å². The number of nitrogens with zero attached hydrogens (tertiary/aromatic N) is 5. The van der Waals surface area contributed by atoms with Gasteiger partial charge in [-0.3, -0.25) is 9.78 Å². The number of fused-ring (bicyclic) bond motifs is 2. The molecule has 0 amide bonds. The van der Waals surface area contributed by atoms with Gasteiger partial charge in [-0.25, -0.2) is 14.3 Å². The van der Waals surface area contributed by atoms with Gasteiger partial charge in [0.1, 0.15) is 11.0 Å². The summed E-state index contributed by atoms with van der Waals surface area (Å²) < 4.78 is 3.43. The predicted octanol–water partition coefficient (Wildman–Crippen LogP) is 3.17. The van der Waals surface area contributed by atoms with E-state index in [1.807, 2.05) is 19.9 Å². The fraction of sp³-hybridized carbons (Fsp3) is 0.360. The van der Waals surface area contributed by atoms with E-state index in [9.17, 15) is 9.90 Å². The number of nitrogens with one attached hydrogen (secondary N) is 2. The standard InChI is InChI=1S/C25H29N7O2/c1-15(2)31-23(33)20-14-28-24(29-18-6-5-16-7-9-26-13-17(16)11-18)30-22(20)32(31)19-8-10-27-21(12-19)25(3,4)34/h5-6,8,10-12,14-15,26,34H,7,9,13H2,1-4H3,(H,28,29,30). The second-order valence-electron chi connectivity index (χ2n) is 9.48. The maximum atomic E-state index is 13.2. The van der Waals surface area contributed by atoms with Crippen LogP contribution < -0.4 is 16.2 Å². The van der Waals surface area contributed by atoms with E-state index in [0.29, 0.717) is 28.4 Å². The second kappa shape index (κ2) is 8.34. The van der Waals surface area contributed by atoms with Gasteiger partial charge in [0.2, 0.25) is 5.95 Å². The number of aromatic nitrogens is 5. The minimum absolute atomic E-state index is 0.120. The van der Waals surface area contributed by atoms with Crippen molar-refractivity contribution in [2.45, 2.75) is 52.3 Å². The van der Waals surface area contributed by atoms with E-state index in [-0.39, 0.29) is 11.6 Å². The monoisotopic (exact) mass is 459 g/mol. The molecule has 0 atom stereocenters. The quantitative estimate of drug-likeness (QED) is 0.420.